The lowest BCUT2D eigenvalue weighted by Gasteiger charge is -2.17. The van der Waals surface area contributed by atoms with Gasteiger partial charge in [-0.05, 0) is 54.3 Å². The Hall–Kier alpha value is -3.16. The summed E-state index contributed by atoms with van der Waals surface area (Å²) in [5, 5.41) is 9.12. The number of carbonyl (C=O) groups is 1. The van der Waals surface area contributed by atoms with Gasteiger partial charge in [0.05, 0.1) is 10.8 Å². The van der Waals surface area contributed by atoms with Crippen molar-refractivity contribution in [3.05, 3.63) is 95.1 Å². The first-order valence-corrected chi connectivity index (χ1v) is 10.5. The fraction of sp³-hybridized carbons (Fsp3) is 0.136. The highest BCUT2D eigenvalue weighted by Gasteiger charge is 2.23. The van der Waals surface area contributed by atoms with Crippen molar-refractivity contribution < 1.29 is 18.4 Å². The molecule has 0 heterocycles. The number of hydrogen-bond donors (Lipinski definition) is 3. The highest BCUT2D eigenvalue weighted by atomic mass is 32.2. The Labute approximate surface area is 170 Å². The average Bonchev–Trinajstić information content (AvgIpc) is 2.71. The monoisotopic (exact) mass is 410 g/mol. The second-order valence-corrected chi connectivity index (χ2v) is 8.47. The number of nitrogens with one attached hydrogen (secondary N) is 2. The number of carbonyl (C=O) groups excluding carboxylic acids is 1. The average molecular weight is 410 g/mol. The summed E-state index contributed by atoms with van der Waals surface area (Å²) in [5.74, 6) is -1.29. The molecule has 0 aliphatic rings. The number of rotatable bonds is 6. The third-order valence-electron chi connectivity index (χ3n) is 4.63. The van der Waals surface area contributed by atoms with E-state index in [9.17, 15) is 13.2 Å². The topological polar surface area (TPSA) is 95.5 Å². The highest BCUT2D eigenvalue weighted by Crippen LogP contribution is 2.27. The Kier molecular flexibility index (Phi) is 6.00. The molecule has 0 saturated carbocycles. The lowest BCUT2D eigenvalue weighted by Crippen LogP contribution is -2.27. The van der Waals surface area contributed by atoms with Gasteiger partial charge in [0.2, 0.25) is 0 Å². The van der Waals surface area contributed by atoms with Crippen molar-refractivity contribution in [1.29, 1.82) is 0 Å². The Morgan fingerprint density at radius 3 is 2.14 bits per heavy atom. The standard InChI is InChI=1S/C22H22N2O4S/c1-15-8-9-16(2)20(14-15)29(27,28)24-19-12-10-18(11-13-19)21(22(25)23-26)17-6-4-3-5-7-17/h3-14,21,24,26H,1-2H3,(H,23,25). The van der Waals surface area contributed by atoms with Crippen LogP contribution in [0.2, 0.25) is 0 Å². The van der Waals surface area contributed by atoms with Crippen molar-refractivity contribution in [2.45, 2.75) is 24.7 Å². The van der Waals surface area contributed by atoms with E-state index in [1.54, 1.807) is 73.1 Å². The highest BCUT2D eigenvalue weighted by molar-refractivity contribution is 7.92. The van der Waals surface area contributed by atoms with Crippen LogP contribution in [0.1, 0.15) is 28.2 Å². The molecular formula is C22H22N2O4S. The first kappa shape index (κ1) is 20.6. The van der Waals surface area contributed by atoms with E-state index < -0.39 is 21.8 Å². The third kappa shape index (κ3) is 4.64. The Morgan fingerprint density at radius 2 is 1.52 bits per heavy atom. The minimum Gasteiger partial charge on any atom is -0.289 e. The Bertz CT molecular complexity index is 1110. The maximum absolute atomic E-state index is 12.8. The van der Waals surface area contributed by atoms with Crippen molar-refractivity contribution >= 4 is 21.6 Å². The molecule has 6 nitrogen and oxygen atoms in total. The van der Waals surface area contributed by atoms with Crippen LogP contribution in [-0.2, 0) is 14.8 Å². The maximum Gasteiger partial charge on any atom is 0.262 e. The van der Waals surface area contributed by atoms with Crippen molar-refractivity contribution in [2.24, 2.45) is 0 Å². The molecule has 1 amide bonds. The van der Waals surface area contributed by atoms with E-state index in [1.165, 1.54) is 0 Å². The number of amides is 1. The van der Waals surface area contributed by atoms with E-state index >= 15 is 0 Å². The molecule has 0 saturated heterocycles. The summed E-state index contributed by atoms with van der Waals surface area (Å²) in [6, 6.07) is 20.8. The Morgan fingerprint density at radius 1 is 0.897 bits per heavy atom. The Balaban J connectivity index is 1.89. The van der Waals surface area contributed by atoms with Crippen molar-refractivity contribution in [3.8, 4) is 0 Å². The van der Waals surface area contributed by atoms with Crippen molar-refractivity contribution in [1.82, 2.24) is 5.48 Å². The minimum atomic E-state index is -3.74. The van der Waals surface area contributed by atoms with Gasteiger partial charge in [-0.3, -0.25) is 14.7 Å². The molecule has 0 bridgehead atoms. The summed E-state index contributed by atoms with van der Waals surface area (Å²) in [7, 11) is -3.74. The predicted molar refractivity (Wildman–Crippen MR) is 111 cm³/mol. The van der Waals surface area contributed by atoms with Crippen LogP contribution < -0.4 is 10.2 Å². The van der Waals surface area contributed by atoms with Gasteiger partial charge in [-0.15, -0.1) is 0 Å². The van der Waals surface area contributed by atoms with Crippen LogP contribution in [0, 0.1) is 13.8 Å². The number of benzene rings is 3. The summed E-state index contributed by atoms with van der Waals surface area (Å²) < 4.78 is 28.1. The van der Waals surface area contributed by atoms with Gasteiger partial charge in [-0.2, -0.15) is 0 Å². The molecule has 0 radical (unpaired) electrons. The van der Waals surface area contributed by atoms with Crippen LogP contribution in [0.5, 0.6) is 0 Å². The molecule has 0 aromatic heterocycles. The van der Waals surface area contributed by atoms with Gasteiger partial charge in [0.1, 0.15) is 0 Å². The van der Waals surface area contributed by atoms with Crippen LogP contribution in [0.15, 0.2) is 77.7 Å². The number of anilines is 1. The SMILES string of the molecule is Cc1ccc(C)c(S(=O)(=O)Nc2ccc(C(C(=O)NO)c3ccccc3)cc2)c1. The lowest BCUT2D eigenvalue weighted by molar-refractivity contribution is -0.129. The fourth-order valence-corrected chi connectivity index (χ4v) is 4.55. The predicted octanol–water partition coefficient (Wildman–Crippen LogP) is 3.74. The smallest absolute Gasteiger partial charge is 0.262 e. The molecule has 3 N–H and O–H groups in total. The second-order valence-electron chi connectivity index (χ2n) is 6.82. The first-order chi connectivity index (χ1) is 13.8. The molecule has 150 valence electrons. The molecular weight excluding hydrogens is 388 g/mol. The van der Waals surface area contributed by atoms with E-state index in [1.807, 2.05) is 19.1 Å². The number of hydrogen-bond acceptors (Lipinski definition) is 4. The fourth-order valence-electron chi connectivity index (χ4n) is 3.16. The summed E-state index contributed by atoms with van der Waals surface area (Å²) in [6.45, 7) is 3.58. The van der Waals surface area contributed by atoms with E-state index in [0.717, 1.165) is 5.56 Å². The summed E-state index contributed by atoms with van der Waals surface area (Å²) >= 11 is 0. The van der Waals surface area contributed by atoms with Crippen LogP contribution in [0.25, 0.3) is 0 Å². The van der Waals surface area contributed by atoms with Crippen LogP contribution >= 0.6 is 0 Å². The van der Waals surface area contributed by atoms with E-state index in [2.05, 4.69) is 4.72 Å². The molecule has 29 heavy (non-hydrogen) atoms. The largest absolute Gasteiger partial charge is 0.289 e. The number of sulfonamides is 1. The first-order valence-electron chi connectivity index (χ1n) is 9.01. The zero-order chi connectivity index (χ0) is 21.0. The van der Waals surface area contributed by atoms with Gasteiger partial charge in [0.15, 0.2) is 0 Å². The van der Waals surface area contributed by atoms with Crippen LogP contribution in [0.4, 0.5) is 5.69 Å². The summed E-state index contributed by atoms with van der Waals surface area (Å²) in [6.07, 6.45) is 0. The molecule has 1 unspecified atom stereocenters. The van der Waals surface area contributed by atoms with Crippen molar-refractivity contribution in [2.75, 3.05) is 4.72 Å². The van der Waals surface area contributed by atoms with Crippen LogP contribution in [-0.4, -0.2) is 19.5 Å². The van der Waals surface area contributed by atoms with Crippen LogP contribution in [0.3, 0.4) is 0 Å². The van der Waals surface area contributed by atoms with Crippen molar-refractivity contribution in [3.63, 3.8) is 0 Å². The second kappa shape index (κ2) is 8.46. The van der Waals surface area contributed by atoms with Gasteiger partial charge in [0.25, 0.3) is 15.9 Å². The maximum atomic E-state index is 12.8. The normalized spacial score (nSPS) is 12.2. The molecule has 3 aromatic rings. The molecule has 0 fully saturated rings. The number of aryl methyl sites for hydroxylation is 2. The van der Waals surface area contributed by atoms with E-state index in [0.29, 0.717) is 22.4 Å². The molecule has 0 spiro atoms. The van der Waals surface area contributed by atoms with Gasteiger partial charge in [-0.1, -0.05) is 54.6 Å². The zero-order valence-corrected chi connectivity index (χ0v) is 16.9. The van der Waals surface area contributed by atoms with Gasteiger partial charge < -0.3 is 0 Å². The molecule has 0 aliphatic heterocycles. The van der Waals surface area contributed by atoms with Gasteiger partial charge >= 0.3 is 0 Å². The number of hydroxylamine groups is 1. The molecule has 7 heteroatoms. The molecule has 3 aromatic carbocycles. The molecule has 1 atom stereocenters. The summed E-state index contributed by atoms with van der Waals surface area (Å²) in [5.41, 5.74) is 4.92. The third-order valence-corrected chi connectivity index (χ3v) is 6.16. The van der Waals surface area contributed by atoms with Gasteiger partial charge in [0, 0.05) is 5.69 Å². The molecule has 0 aliphatic carbocycles. The van der Waals surface area contributed by atoms with E-state index in [4.69, 9.17) is 5.21 Å². The lowest BCUT2D eigenvalue weighted by atomic mass is 9.90. The van der Waals surface area contributed by atoms with E-state index in [-0.39, 0.29) is 4.90 Å². The minimum absolute atomic E-state index is 0.225. The quantitative estimate of drug-likeness (QED) is 0.426. The molecule has 3 rings (SSSR count). The zero-order valence-electron chi connectivity index (χ0n) is 16.1. The summed E-state index contributed by atoms with van der Waals surface area (Å²) in [4.78, 5) is 12.4. The van der Waals surface area contributed by atoms with Gasteiger partial charge in [-0.25, -0.2) is 13.9 Å².